The molecule has 5 heteroatoms. The van der Waals surface area contributed by atoms with Crippen LogP contribution in [-0.2, 0) is 11.3 Å². The number of rotatable bonds is 5. The summed E-state index contributed by atoms with van der Waals surface area (Å²) < 4.78 is 5.37. The zero-order valence-corrected chi connectivity index (χ0v) is 12.6. The predicted molar refractivity (Wildman–Crippen MR) is 79.8 cm³/mol. The molecule has 0 N–H and O–H groups in total. The van der Waals surface area contributed by atoms with Crippen LogP contribution >= 0.6 is 23.2 Å². The Bertz CT molecular complexity index is 569. The van der Waals surface area contributed by atoms with Crippen molar-refractivity contribution in [2.75, 3.05) is 5.88 Å². The largest absolute Gasteiger partial charge is 0.467 e. The first kappa shape index (κ1) is 14.9. The zero-order chi connectivity index (χ0) is 14.5. The molecule has 1 heterocycles. The van der Waals surface area contributed by atoms with Gasteiger partial charge >= 0.3 is 0 Å². The third kappa shape index (κ3) is 3.35. The maximum absolute atomic E-state index is 12.1. The first-order valence-electron chi connectivity index (χ1n) is 6.25. The van der Waals surface area contributed by atoms with E-state index in [0.29, 0.717) is 11.6 Å². The molecular weight excluding hydrogens is 297 g/mol. The molecule has 1 atom stereocenters. The molecule has 3 nitrogen and oxygen atoms in total. The first-order chi connectivity index (χ1) is 9.63. The van der Waals surface area contributed by atoms with E-state index in [1.54, 1.807) is 23.3 Å². The molecule has 0 saturated heterocycles. The Morgan fingerprint density at radius 3 is 2.65 bits per heavy atom. The van der Waals surface area contributed by atoms with E-state index in [9.17, 15) is 4.79 Å². The van der Waals surface area contributed by atoms with Gasteiger partial charge in [-0.05, 0) is 30.7 Å². The van der Waals surface area contributed by atoms with Crippen LogP contribution in [0.25, 0.3) is 0 Å². The lowest BCUT2D eigenvalue weighted by molar-refractivity contribution is -0.131. The van der Waals surface area contributed by atoms with Crippen LogP contribution in [0.4, 0.5) is 0 Å². The molecule has 1 aromatic carbocycles. The minimum Gasteiger partial charge on any atom is -0.467 e. The Morgan fingerprint density at radius 2 is 2.05 bits per heavy atom. The van der Waals surface area contributed by atoms with Gasteiger partial charge in [-0.25, -0.2) is 0 Å². The van der Waals surface area contributed by atoms with Crippen LogP contribution in [0.3, 0.4) is 0 Å². The van der Waals surface area contributed by atoms with Crippen molar-refractivity contribution >= 4 is 29.1 Å². The Morgan fingerprint density at radius 1 is 1.30 bits per heavy atom. The number of halogens is 2. The first-order valence-corrected chi connectivity index (χ1v) is 7.17. The molecule has 0 aliphatic carbocycles. The van der Waals surface area contributed by atoms with Gasteiger partial charge in [-0.1, -0.05) is 29.8 Å². The quantitative estimate of drug-likeness (QED) is 0.773. The van der Waals surface area contributed by atoms with Crippen molar-refractivity contribution in [2.45, 2.75) is 19.5 Å². The minimum absolute atomic E-state index is 0.0739. The summed E-state index contributed by atoms with van der Waals surface area (Å²) in [6, 6.07) is 10.9. The number of carbonyl (C=O) groups is 1. The number of amides is 1. The summed E-state index contributed by atoms with van der Waals surface area (Å²) in [5, 5.41) is 0.631. The number of hydrogen-bond donors (Lipinski definition) is 0. The van der Waals surface area contributed by atoms with Gasteiger partial charge in [0.1, 0.15) is 11.6 Å². The average Bonchev–Trinajstić information content (AvgIpc) is 2.99. The van der Waals surface area contributed by atoms with Crippen LogP contribution < -0.4 is 0 Å². The van der Waals surface area contributed by atoms with Gasteiger partial charge < -0.3 is 9.32 Å². The summed E-state index contributed by atoms with van der Waals surface area (Å²) in [7, 11) is 0. The second-order valence-electron chi connectivity index (χ2n) is 4.44. The number of carbonyl (C=O) groups excluding carboxylic acids is 1. The van der Waals surface area contributed by atoms with Crippen molar-refractivity contribution in [1.82, 2.24) is 4.90 Å². The molecule has 0 bridgehead atoms. The Hall–Kier alpha value is -1.45. The Kier molecular flexibility index (Phi) is 5.10. The molecule has 106 valence electrons. The van der Waals surface area contributed by atoms with Crippen molar-refractivity contribution in [2.24, 2.45) is 0 Å². The smallest absolute Gasteiger partial charge is 0.238 e. The normalized spacial score (nSPS) is 12.2. The van der Waals surface area contributed by atoms with E-state index in [1.807, 2.05) is 31.2 Å². The molecule has 0 radical (unpaired) electrons. The molecular formula is C15H15Cl2NO2. The molecule has 2 aromatic rings. The third-order valence-electron chi connectivity index (χ3n) is 3.16. The van der Waals surface area contributed by atoms with Crippen LogP contribution in [0.5, 0.6) is 0 Å². The maximum Gasteiger partial charge on any atom is 0.238 e. The number of benzene rings is 1. The average molecular weight is 312 g/mol. The van der Waals surface area contributed by atoms with Crippen LogP contribution in [0.15, 0.2) is 47.1 Å². The third-order valence-corrected chi connectivity index (χ3v) is 3.75. The molecule has 2 rings (SSSR count). The number of alkyl halides is 1. The molecule has 1 unspecified atom stereocenters. The lowest BCUT2D eigenvalue weighted by Crippen LogP contribution is -2.34. The van der Waals surface area contributed by atoms with Gasteiger partial charge in [-0.3, -0.25) is 4.79 Å². The standard InChI is InChI=1S/C15H15Cl2NO2/c1-11(14-7-4-8-20-14)18(15(19)9-16)10-12-5-2-3-6-13(12)17/h2-8,11H,9-10H2,1H3. The van der Waals surface area contributed by atoms with E-state index in [4.69, 9.17) is 27.6 Å². The molecule has 0 aliphatic heterocycles. The van der Waals surface area contributed by atoms with E-state index in [1.165, 1.54) is 0 Å². The van der Waals surface area contributed by atoms with Crippen molar-refractivity contribution in [3.8, 4) is 0 Å². The number of nitrogens with zero attached hydrogens (tertiary/aromatic N) is 1. The molecule has 20 heavy (non-hydrogen) atoms. The van der Waals surface area contributed by atoms with Crippen LogP contribution in [0, 0.1) is 0 Å². The highest BCUT2D eigenvalue weighted by atomic mass is 35.5. The second kappa shape index (κ2) is 6.82. The van der Waals surface area contributed by atoms with Gasteiger partial charge in [0.2, 0.25) is 5.91 Å². The van der Waals surface area contributed by atoms with Crippen LogP contribution in [0.1, 0.15) is 24.3 Å². The van der Waals surface area contributed by atoms with E-state index in [-0.39, 0.29) is 17.8 Å². The van der Waals surface area contributed by atoms with Crippen LogP contribution in [-0.4, -0.2) is 16.7 Å². The van der Waals surface area contributed by atoms with Crippen molar-refractivity contribution < 1.29 is 9.21 Å². The highest BCUT2D eigenvalue weighted by Crippen LogP contribution is 2.25. The summed E-state index contributed by atoms with van der Waals surface area (Å²) in [5.74, 6) is 0.487. The lowest BCUT2D eigenvalue weighted by Gasteiger charge is -2.27. The van der Waals surface area contributed by atoms with Crippen molar-refractivity contribution in [3.05, 3.63) is 59.0 Å². The SMILES string of the molecule is CC(c1ccco1)N(Cc1ccccc1Cl)C(=O)CCl. The van der Waals surface area contributed by atoms with Crippen LogP contribution in [0.2, 0.25) is 5.02 Å². The predicted octanol–water partition coefficient (Wildman–Crippen LogP) is 4.26. The zero-order valence-electron chi connectivity index (χ0n) is 11.1. The molecule has 0 spiro atoms. The topological polar surface area (TPSA) is 33.5 Å². The fourth-order valence-electron chi connectivity index (χ4n) is 2.01. The van der Waals surface area contributed by atoms with Gasteiger partial charge in [0.15, 0.2) is 0 Å². The van der Waals surface area contributed by atoms with E-state index in [2.05, 4.69) is 0 Å². The van der Waals surface area contributed by atoms with E-state index in [0.717, 1.165) is 11.3 Å². The van der Waals surface area contributed by atoms with Gasteiger partial charge in [0, 0.05) is 11.6 Å². The van der Waals surface area contributed by atoms with Gasteiger partial charge in [-0.15, -0.1) is 11.6 Å². The van der Waals surface area contributed by atoms with Gasteiger partial charge in [0.05, 0.1) is 12.3 Å². The summed E-state index contributed by atoms with van der Waals surface area (Å²) >= 11 is 11.9. The van der Waals surface area contributed by atoms with E-state index >= 15 is 0 Å². The van der Waals surface area contributed by atoms with Gasteiger partial charge in [0.25, 0.3) is 0 Å². The van der Waals surface area contributed by atoms with Crippen molar-refractivity contribution in [3.63, 3.8) is 0 Å². The Balaban J connectivity index is 2.25. The monoisotopic (exact) mass is 311 g/mol. The fraction of sp³-hybridized carbons (Fsp3) is 0.267. The molecule has 0 fully saturated rings. The molecule has 1 amide bonds. The van der Waals surface area contributed by atoms with Crippen molar-refractivity contribution in [1.29, 1.82) is 0 Å². The molecule has 0 aliphatic rings. The highest BCUT2D eigenvalue weighted by molar-refractivity contribution is 6.31. The summed E-state index contributed by atoms with van der Waals surface area (Å²) in [6.45, 7) is 2.30. The fourth-order valence-corrected chi connectivity index (χ4v) is 2.36. The Labute approximate surface area is 128 Å². The second-order valence-corrected chi connectivity index (χ2v) is 5.11. The maximum atomic E-state index is 12.1. The van der Waals surface area contributed by atoms with E-state index < -0.39 is 0 Å². The minimum atomic E-state index is -0.201. The molecule has 0 saturated carbocycles. The number of furan rings is 1. The summed E-state index contributed by atoms with van der Waals surface area (Å²) in [4.78, 5) is 13.7. The van der Waals surface area contributed by atoms with Gasteiger partial charge in [-0.2, -0.15) is 0 Å². The lowest BCUT2D eigenvalue weighted by atomic mass is 10.1. The molecule has 1 aromatic heterocycles. The summed E-state index contributed by atoms with van der Waals surface area (Å²) in [6.07, 6.45) is 1.59. The summed E-state index contributed by atoms with van der Waals surface area (Å²) in [5.41, 5.74) is 0.881. The highest BCUT2D eigenvalue weighted by Gasteiger charge is 2.23. The number of hydrogen-bond acceptors (Lipinski definition) is 2.